The molecule has 0 aromatic carbocycles. The molecule has 0 aromatic heterocycles. The van der Waals surface area contributed by atoms with Crippen LogP contribution >= 0.6 is 0 Å². The van der Waals surface area contributed by atoms with Crippen LogP contribution in [0, 0.1) is 0 Å². The normalized spacial score (nSPS) is 45.9. The molecule has 2 fully saturated rings. The van der Waals surface area contributed by atoms with E-state index in [0.717, 1.165) is 6.92 Å². The number of hydrogen-bond acceptors (Lipinski definition) is 4. The molecule has 2 aliphatic heterocycles. The monoisotopic (exact) mass is 204 g/mol. The van der Waals surface area contributed by atoms with Gasteiger partial charge < -0.3 is 14.2 Å². The minimum atomic E-state index is -2.11. The van der Waals surface area contributed by atoms with Crippen molar-refractivity contribution in [3.05, 3.63) is 0 Å². The second kappa shape index (κ2) is 2.67. The third kappa shape index (κ3) is 1.31. The Morgan fingerprint density at radius 3 is 2.64 bits per heavy atom. The first-order valence-electron chi connectivity index (χ1n) is 4.55. The fourth-order valence-electron chi connectivity index (χ4n) is 1.83. The van der Waals surface area contributed by atoms with Crippen LogP contribution in [-0.2, 0) is 19.0 Å². The Kier molecular flexibility index (Phi) is 1.88. The van der Waals surface area contributed by atoms with Gasteiger partial charge in [-0.3, -0.25) is 0 Å². The Morgan fingerprint density at radius 1 is 1.36 bits per heavy atom. The Labute approximate surface area is 81.3 Å². The number of alkyl halides is 1. The summed E-state index contributed by atoms with van der Waals surface area (Å²) in [4.78, 5) is 11.1. The van der Waals surface area contributed by atoms with Gasteiger partial charge in [0.2, 0.25) is 5.67 Å². The minimum absolute atomic E-state index is 0.0619. The van der Waals surface area contributed by atoms with Crippen molar-refractivity contribution in [1.82, 2.24) is 0 Å². The summed E-state index contributed by atoms with van der Waals surface area (Å²) < 4.78 is 29.3. The van der Waals surface area contributed by atoms with Crippen LogP contribution in [0.1, 0.15) is 20.8 Å². The lowest BCUT2D eigenvalue weighted by Gasteiger charge is -2.32. The average Bonchev–Trinajstić information content (AvgIpc) is 2.35. The van der Waals surface area contributed by atoms with E-state index in [2.05, 4.69) is 4.74 Å². The molecule has 4 nitrogen and oxygen atoms in total. The highest BCUT2D eigenvalue weighted by Gasteiger charge is 2.59. The molecule has 0 spiro atoms. The zero-order valence-electron chi connectivity index (χ0n) is 8.37. The average molecular weight is 204 g/mol. The van der Waals surface area contributed by atoms with Gasteiger partial charge in [0.05, 0.1) is 0 Å². The standard InChI is InChI=1S/C9H13FO4/c1-8(2)13-5-4-12-7(11)9(3,10)6(5)14-8/h5-6H,4H2,1-3H3/t5-,6?,9?/m1/s1. The van der Waals surface area contributed by atoms with E-state index in [0.29, 0.717) is 0 Å². The third-order valence-electron chi connectivity index (χ3n) is 2.50. The molecular formula is C9H13FO4. The van der Waals surface area contributed by atoms with E-state index in [1.807, 2.05) is 0 Å². The van der Waals surface area contributed by atoms with E-state index in [1.54, 1.807) is 13.8 Å². The highest BCUT2D eigenvalue weighted by atomic mass is 19.1. The van der Waals surface area contributed by atoms with Crippen molar-refractivity contribution < 1.29 is 23.4 Å². The Bertz CT molecular complexity index is 274. The van der Waals surface area contributed by atoms with Crippen molar-refractivity contribution in [3.63, 3.8) is 0 Å². The maximum atomic E-state index is 13.9. The molecule has 0 amide bonds. The number of ether oxygens (including phenoxy) is 3. The number of rotatable bonds is 0. The maximum Gasteiger partial charge on any atom is 0.346 e. The molecule has 2 rings (SSSR count). The van der Waals surface area contributed by atoms with Crippen LogP contribution in [0.15, 0.2) is 0 Å². The molecular weight excluding hydrogens is 191 g/mol. The van der Waals surface area contributed by atoms with Gasteiger partial charge >= 0.3 is 5.97 Å². The van der Waals surface area contributed by atoms with Crippen LogP contribution in [-0.4, -0.2) is 36.2 Å². The molecule has 0 N–H and O–H groups in total. The van der Waals surface area contributed by atoms with Crippen LogP contribution in [0.5, 0.6) is 0 Å². The summed E-state index contributed by atoms with van der Waals surface area (Å²) in [5.74, 6) is -1.73. The van der Waals surface area contributed by atoms with Crippen molar-refractivity contribution >= 4 is 5.97 Å². The largest absolute Gasteiger partial charge is 0.460 e. The first-order chi connectivity index (χ1) is 6.33. The number of halogens is 1. The van der Waals surface area contributed by atoms with Crippen LogP contribution in [0.25, 0.3) is 0 Å². The van der Waals surface area contributed by atoms with Gasteiger partial charge in [0.15, 0.2) is 5.79 Å². The zero-order valence-corrected chi connectivity index (χ0v) is 8.37. The van der Waals surface area contributed by atoms with E-state index >= 15 is 0 Å². The highest BCUT2D eigenvalue weighted by Crippen LogP contribution is 2.39. The predicted molar refractivity (Wildman–Crippen MR) is 44.3 cm³/mol. The van der Waals surface area contributed by atoms with Gasteiger partial charge in [0.1, 0.15) is 18.8 Å². The van der Waals surface area contributed by atoms with Crippen LogP contribution < -0.4 is 0 Å². The number of carbonyl (C=O) groups excluding carboxylic acids is 1. The molecule has 14 heavy (non-hydrogen) atoms. The van der Waals surface area contributed by atoms with Gasteiger partial charge in [-0.2, -0.15) is 0 Å². The smallest absolute Gasteiger partial charge is 0.346 e. The van der Waals surface area contributed by atoms with E-state index < -0.39 is 29.6 Å². The fourth-order valence-corrected chi connectivity index (χ4v) is 1.83. The van der Waals surface area contributed by atoms with Crippen LogP contribution in [0.4, 0.5) is 4.39 Å². The van der Waals surface area contributed by atoms with Gasteiger partial charge in [-0.05, 0) is 20.8 Å². The topological polar surface area (TPSA) is 44.8 Å². The maximum absolute atomic E-state index is 13.9. The summed E-state index contributed by atoms with van der Waals surface area (Å²) in [6, 6.07) is 0. The zero-order chi connectivity index (χ0) is 10.6. The molecule has 2 unspecified atom stereocenters. The third-order valence-corrected chi connectivity index (χ3v) is 2.50. The number of hydrogen-bond donors (Lipinski definition) is 0. The van der Waals surface area contributed by atoms with Crippen LogP contribution in [0.3, 0.4) is 0 Å². The van der Waals surface area contributed by atoms with E-state index in [1.165, 1.54) is 0 Å². The minimum Gasteiger partial charge on any atom is -0.460 e. The quantitative estimate of drug-likeness (QED) is 0.547. The number of cyclic esters (lactones) is 1. The van der Waals surface area contributed by atoms with E-state index in [-0.39, 0.29) is 6.61 Å². The Morgan fingerprint density at radius 2 is 2.00 bits per heavy atom. The van der Waals surface area contributed by atoms with Crippen LogP contribution in [0.2, 0.25) is 0 Å². The molecule has 0 radical (unpaired) electrons. The fraction of sp³-hybridized carbons (Fsp3) is 0.889. The molecule has 0 aromatic rings. The lowest BCUT2D eigenvalue weighted by Crippen LogP contribution is -2.55. The summed E-state index contributed by atoms with van der Waals surface area (Å²) in [5, 5.41) is 0. The Balaban J connectivity index is 2.25. The van der Waals surface area contributed by atoms with Crippen molar-refractivity contribution in [1.29, 1.82) is 0 Å². The second-order valence-electron chi connectivity index (χ2n) is 4.27. The summed E-state index contributed by atoms with van der Waals surface area (Å²) in [6.07, 6.45) is -1.36. The number of esters is 1. The summed E-state index contributed by atoms with van der Waals surface area (Å²) in [5.41, 5.74) is -2.11. The molecule has 5 heteroatoms. The van der Waals surface area contributed by atoms with E-state index in [9.17, 15) is 9.18 Å². The molecule has 3 atom stereocenters. The van der Waals surface area contributed by atoms with Crippen molar-refractivity contribution in [3.8, 4) is 0 Å². The molecule has 2 heterocycles. The van der Waals surface area contributed by atoms with Gasteiger partial charge in [-0.25, -0.2) is 9.18 Å². The van der Waals surface area contributed by atoms with Gasteiger partial charge in [-0.1, -0.05) is 0 Å². The summed E-state index contributed by atoms with van der Waals surface area (Å²) in [6.45, 7) is 4.60. The first-order valence-corrected chi connectivity index (χ1v) is 4.55. The predicted octanol–water partition coefficient (Wildman–Crippen LogP) is 0.791. The lowest BCUT2D eigenvalue weighted by atomic mass is 9.95. The molecule has 2 saturated heterocycles. The van der Waals surface area contributed by atoms with Gasteiger partial charge in [0, 0.05) is 0 Å². The Hall–Kier alpha value is -0.680. The van der Waals surface area contributed by atoms with E-state index in [4.69, 9.17) is 9.47 Å². The summed E-state index contributed by atoms with van der Waals surface area (Å²) >= 11 is 0. The molecule has 0 bridgehead atoms. The lowest BCUT2D eigenvalue weighted by molar-refractivity contribution is -0.181. The van der Waals surface area contributed by atoms with Gasteiger partial charge in [0.25, 0.3) is 0 Å². The second-order valence-corrected chi connectivity index (χ2v) is 4.27. The molecule has 0 aliphatic carbocycles. The van der Waals surface area contributed by atoms with Crippen molar-refractivity contribution in [2.24, 2.45) is 0 Å². The molecule has 2 aliphatic rings. The summed E-state index contributed by atoms with van der Waals surface area (Å²) in [7, 11) is 0. The molecule has 0 saturated carbocycles. The number of fused-ring (bicyclic) bond motifs is 1. The first kappa shape index (κ1) is 9.86. The van der Waals surface area contributed by atoms with Crippen molar-refractivity contribution in [2.45, 2.75) is 44.4 Å². The molecule has 80 valence electrons. The van der Waals surface area contributed by atoms with Gasteiger partial charge in [-0.15, -0.1) is 0 Å². The SMILES string of the molecule is CC1(C)OC2[C@@H](COC(=O)C2(C)F)O1. The number of carbonyl (C=O) groups is 1. The highest BCUT2D eigenvalue weighted by molar-refractivity contribution is 5.80. The van der Waals surface area contributed by atoms with Crippen molar-refractivity contribution in [2.75, 3.05) is 6.61 Å².